The van der Waals surface area contributed by atoms with Crippen LogP contribution in [0.1, 0.15) is 28.9 Å². The van der Waals surface area contributed by atoms with Crippen LogP contribution >= 0.6 is 0 Å². The van der Waals surface area contributed by atoms with Crippen LogP contribution in [0, 0.1) is 0 Å². The Balaban J connectivity index is 1.69. The number of benzene rings is 3. The minimum atomic E-state index is -3.76. The van der Waals surface area contributed by atoms with Crippen LogP contribution in [0.4, 0.5) is 16.2 Å². The van der Waals surface area contributed by atoms with Gasteiger partial charge in [-0.15, -0.1) is 0 Å². The lowest BCUT2D eigenvalue weighted by molar-refractivity contribution is 0.0940. The average Bonchev–Trinajstić information content (AvgIpc) is 2.74. The Morgan fingerprint density at radius 3 is 2.19 bits per heavy atom. The number of nitrogens with one attached hydrogen (secondary N) is 3. The monoisotopic (exact) mass is 438 g/mol. The van der Waals surface area contributed by atoms with Gasteiger partial charge in [0.15, 0.2) is 0 Å². The molecule has 0 bridgehead atoms. The molecule has 0 aliphatic carbocycles. The molecule has 3 amide bonds. The van der Waals surface area contributed by atoms with Crippen LogP contribution in [-0.4, -0.2) is 20.4 Å². The minimum Gasteiger partial charge on any atom is -0.351 e. The zero-order valence-corrected chi connectivity index (χ0v) is 17.5. The zero-order chi connectivity index (χ0) is 22.4. The zero-order valence-electron chi connectivity index (χ0n) is 16.7. The van der Waals surface area contributed by atoms with Gasteiger partial charge >= 0.3 is 6.03 Å². The number of primary amides is 1. The largest absolute Gasteiger partial charge is 0.351 e. The lowest BCUT2D eigenvalue weighted by Gasteiger charge is -2.16. The molecule has 0 heterocycles. The van der Waals surface area contributed by atoms with Gasteiger partial charge in [-0.3, -0.25) is 9.52 Å². The van der Waals surface area contributed by atoms with Gasteiger partial charge in [-0.05, 0) is 55.0 Å². The van der Waals surface area contributed by atoms with Gasteiger partial charge < -0.3 is 16.4 Å². The van der Waals surface area contributed by atoms with Crippen LogP contribution in [-0.2, 0) is 10.0 Å². The topological polar surface area (TPSA) is 130 Å². The average molecular weight is 439 g/mol. The van der Waals surface area contributed by atoms with Crippen LogP contribution in [0.2, 0.25) is 0 Å². The number of rotatable bonds is 7. The predicted molar refractivity (Wildman–Crippen MR) is 119 cm³/mol. The molecule has 160 valence electrons. The van der Waals surface area contributed by atoms with Crippen molar-refractivity contribution in [2.75, 3.05) is 10.0 Å². The summed E-state index contributed by atoms with van der Waals surface area (Å²) < 4.78 is 27.5. The van der Waals surface area contributed by atoms with Crippen LogP contribution in [0.15, 0.2) is 83.8 Å². The van der Waals surface area contributed by atoms with E-state index in [1.165, 1.54) is 18.2 Å². The lowest BCUT2D eigenvalue weighted by atomic mass is 10.1. The summed E-state index contributed by atoms with van der Waals surface area (Å²) in [7, 11) is -3.76. The van der Waals surface area contributed by atoms with E-state index in [2.05, 4.69) is 15.4 Å². The summed E-state index contributed by atoms with van der Waals surface area (Å²) in [6.45, 7) is 1.82. The third-order valence-corrected chi connectivity index (χ3v) is 5.85. The van der Waals surface area contributed by atoms with E-state index in [-0.39, 0.29) is 22.5 Å². The molecule has 8 nitrogen and oxygen atoms in total. The van der Waals surface area contributed by atoms with Gasteiger partial charge in [-0.25, -0.2) is 13.2 Å². The maximum atomic E-state index is 12.7. The number of amides is 3. The van der Waals surface area contributed by atoms with Crippen LogP contribution in [0.5, 0.6) is 0 Å². The summed E-state index contributed by atoms with van der Waals surface area (Å²) in [4.78, 5) is 23.7. The molecule has 0 aromatic heterocycles. The van der Waals surface area contributed by atoms with Crippen molar-refractivity contribution >= 4 is 33.3 Å². The maximum absolute atomic E-state index is 12.7. The van der Waals surface area contributed by atoms with E-state index in [1.54, 1.807) is 60.7 Å². The summed E-state index contributed by atoms with van der Waals surface area (Å²) in [6, 6.07) is 20.2. The highest BCUT2D eigenvalue weighted by Crippen LogP contribution is 2.19. The molecule has 0 saturated heterocycles. The Kier molecular flexibility index (Phi) is 6.56. The van der Waals surface area contributed by atoms with E-state index >= 15 is 0 Å². The van der Waals surface area contributed by atoms with Crippen LogP contribution < -0.4 is 21.1 Å². The van der Waals surface area contributed by atoms with Crippen molar-refractivity contribution < 1.29 is 18.0 Å². The second-order valence-electron chi connectivity index (χ2n) is 6.81. The summed E-state index contributed by atoms with van der Waals surface area (Å²) in [5, 5.41) is 5.34. The van der Waals surface area contributed by atoms with Crippen LogP contribution in [0.25, 0.3) is 0 Å². The van der Waals surface area contributed by atoms with Crippen molar-refractivity contribution in [1.29, 1.82) is 0 Å². The molecular weight excluding hydrogens is 416 g/mol. The van der Waals surface area contributed by atoms with Gasteiger partial charge in [0.05, 0.1) is 10.9 Å². The number of hydrogen-bond acceptors (Lipinski definition) is 4. The molecule has 0 aliphatic heterocycles. The highest BCUT2D eigenvalue weighted by Gasteiger charge is 2.16. The molecule has 9 heteroatoms. The first-order chi connectivity index (χ1) is 14.7. The van der Waals surface area contributed by atoms with E-state index in [1.807, 2.05) is 6.92 Å². The number of anilines is 2. The van der Waals surface area contributed by atoms with Gasteiger partial charge in [-0.2, -0.15) is 0 Å². The fourth-order valence-electron chi connectivity index (χ4n) is 2.90. The van der Waals surface area contributed by atoms with Gasteiger partial charge in [0.2, 0.25) is 0 Å². The van der Waals surface area contributed by atoms with Crippen molar-refractivity contribution in [3.8, 4) is 0 Å². The number of sulfonamides is 1. The molecule has 0 fully saturated rings. The smallest absolute Gasteiger partial charge is 0.316 e. The fourth-order valence-corrected chi connectivity index (χ4v) is 3.97. The van der Waals surface area contributed by atoms with Crippen molar-refractivity contribution in [3.63, 3.8) is 0 Å². The molecule has 0 saturated carbocycles. The standard InChI is InChI=1S/C22H22N4O4S/c1-15(16-10-12-18(13-11-16)25-22(23)28)24-21(27)17-6-5-7-19(14-17)26-31(29,30)20-8-3-2-4-9-20/h2-15,26H,1H3,(H,24,27)(H3,23,25,28). The molecular formula is C22H22N4O4S. The van der Waals surface area contributed by atoms with Crippen molar-refractivity contribution in [3.05, 3.63) is 90.0 Å². The van der Waals surface area contributed by atoms with Crippen molar-refractivity contribution in [2.45, 2.75) is 17.9 Å². The Morgan fingerprint density at radius 2 is 1.55 bits per heavy atom. The number of nitrogens with two attached hydrogens (primary N) is 1. The Morgan fingerprint density at radius 1 is 0.871 bits per heavy atom. The molecule has 31 heavy (non-hydrogen) atoms. The Labute approximate surface area is 180 Å². The number of carbonyl (C=O) groups is 2. The summed E-state index contributed by atoms with van der Waals surface area (Å²) >= 11 is 0. The van der Waals surface area contributed by atoms with Gasteiger partial charge in [0.25, 0.3) is 15.9 Å². The van der Waals surface area contributed by atoms with E-state index in [4.69, 9.17) is 5.73 Å². The number of urea groups is 1. The van der Waals surface area contributed by atoms with Gasteiger partial charge in [0.1, 0.15) is 0 Å². The van der Waals surface area contributed by atoms with E-state index in [0.717, 1.165) is 5.56 Å². The maximum Gasteiger partial charge on any atom is 0.316 e. The second-order valence-corrected chi connectivity index (χ2v) is 8.49. The first kappa shape index (κ1) is 21.8. The second kappa shape index (κ2) is 9.31. The molecule has 0 radical (unpaired) electrons. The van der Waals surface area contributed by atoms with E-state index < -0.39 is 16.1 Å². The molecule has 1 unspecified atom stereocenters. The molecule has 0 aliphatic rings. The Bertz CT molecular complexity index is 1180. The predicted octanol–water partition coefficient (Wildman–Crippen LogP) is 3.47. The lowest BCUT2D eigenvalue weighted by Crippen LogP contribution is -2.26. The van der Waals surface area contributed by atoms with E-state index in [9.17, 15) is 18.0 Å². The minimum absolute atomic E-state index is 0.132. The van der Waals surface area contributed by atoms with Crippen molar-refractivity contribution in [2.24, 2.45) is 5.73 Å². The van der Waals surface area contributed by atoms with Crippen LogP contribution in [0.3, 0.4) is 0 Å². The Hall–Kier alpha value is -3.85. The summed E-state index contributed by atoms with van der Waals surface area (Å²) in [6.07, 6.45) is 0. The molecule has 0 spiro atoms. The third-order valence-electron chi connectivity index (χ3n) is 4.46. The number of hydrogen-bond donors (Lipinski definition) is 4. The van der Waals surface area contributed by atoms with Gasteiger partial charge in [-0.1, -0.05) is 36.4 Å². The normalized spacial score (nSPS) is 11.9. The number of carbonyl (C=O) groups excluding carboxylic acids is 2. The first-order valence-corrected chi connectivity index (χ1v) is 10.9. The van der Waals surface area contributed by atoms with Gasteiger partial charge in [0, 0.05) is 16.9 Å². The SMILES string of the molecule is CC(NC(=O)c1cccc(NS(=O)(=O)c2ccccc2)c1)c1ccc(NC(N)=O)cc1. The first-order valence-electron chi connectivity index (χ1n) is 9.40. The molecule has 1 atom stereocenters. The molecule has 5 N–H and O–H groups in total. The van der Waals surface area contributed by atoms with Crippen molar-refractivity contribution in [1.82, 2.24) is 5.32 Å². The highest BCUT2D eigenvalue weighted by atomic mass is 32.2. The molecule has 3 aromatic carbocycles. The highest BCUT2D eigenvalue weighted by molar-refractivity contribution is 7.92. The van der Waals surface area contributed by atoms with E-state index in [0.29, 0.717) is 11.3 Å². The molecule has 3 aromatic rings. The third kappa shape index (κ3) is 5.83. The summed E-state index contributed by atoms with van der Waals surface area (Å²) in [5.41, 5.74) is 7.05. The summed E-state index contributed by atoms with van der Waals surface area (Å²) in [5.74, 6) is -0.354. The fraction of sp³-hybridized carbons (Fsp3) is 0.0909. The quantitative estimate of drug-likeness (QED) is 0.450. The molecule has 3 rings (SSSR count).